The van der Waals surface area contributed by atoms with E-state index in [1.807, 2.05) is 18.2 Å². The summed E-state index contributed by atoms with van der Waals surface area (Å²) in [5.41, 5.74) is 1.19. The first-order valence-electron chi connectivity index (χ1n) is 11.2. The zero-order valence-corrected chi connectivity index (χ0v) is 23.2. The number of esters is 1. The molecule has 35 heavy (non-hydrogen) atoms. The van der Waals surface area contributed by atoms with Gasteiger partial charge in [-0.2, -0.15) is 9.78 Å². The maximum atomic E-state index is 13.5. The number of nitrogens with zero attached hydrogens (tertiary/aromatic N) is 3. The second kappa shape index (κ2) is 11.5. The van der Waals surface area contributed by atoms with Crippen molar-refractivity contribution in [1.29, 1.82) is 0 Å². The van der Waals surface area contributed by atoms with E-state index >= 15 is 0 Å². The van der Waals surface area contributed by atoms with Crippen LogP contribution in [0.1, 0.15) is 49.4 Å². The summed E-state index contributed by atoms with van der Waals surface area (Å²) in [5.74, 6) is 1.28. The molecule has 1 heterocycles. The summed E-state index contributed by atoms with van der Waals surface area (Å²) in [6.07, 6.45) is 7.03. The molecule has 2 aromatic carbocycles. The Morgan fingerprint density at radius 2 is 2.00 bits per heavy atom. The van der Waals surface area contributed by atoms with Gasteiger partial charge < -0.3 is 14.2 Å². The van der Waals surface area contributed by atoms with Gasteiger partial charge in [-0.3, -0.25) is 4.79 Å². The lowest BCUT2D eigenvalue weighted by Gasteiger charge is -2.22. The lowest BCUT2D eigenvalue weighted by atomic mass is 9.88. The highest BCUT2D eigenvalue weighted by atomic mass is 127. The molecule has 0 spiro atoms. The summed E-state index contributed by atoms with van der Waals surface area (Å²) in [6.45, 7) is -0.227. The Morgan fingerprint density at radius 1 is 1.23 bits per heavy atom. The van der Waals surface area contributed by atoms with Gasteiger partial charge in [0.2, 0.25) is 0 Å². The number of fused-ring (bicyclic) bond motifs is 1. The van der Waals surface area contributed by atoms with Crippen molar-refractivity contribution in [3.05, 3.63) is 60.1 Å². The van der Waals surface area contributed by atoms with Gasteiger partial charge in [0, 0.05) is 10.4 Å². The number of rotatable bonds is 7. The number of benzene rings is 2. The Labute approximate surface area is 224 Å². The molecule has 1 fully saturated rings. The normalized spacial score (nSPS) is 14.4. The van der Waals surface area contributed by atoms with Crippen molar-refractivity contribution in [3.63, 3.8) is 0 Å². The molecule has 1 aromatic heterocycles. The Morgan fingerprint density at radius 3 is 2.71 bits per heavy atom. The van der Waals surface area contributed by atoms with Crippen LogP contribution in [0.15, 0.2) is 44.7 Å². The summed E-state index contributed by atoms with van der Waals surface area (Å²) >= 11 is 5.56. The quantitative estimate of drug-likeness (QED) is 0.196. The molecule has 10 heteroatoms. The Kier molecular flexibility index (Phi) is 8.42. The fourth-order valence-electron chi connectivity index (χ4n) is 4.17. The molecule has 0 aliphatic heterocycles. The van der Waals surface area contributed by atoms with Gasteiger partial charge in [0.1, 0.15) is 5.82 Å². The number of carbonyl (C=O) groups excluding carboxylic acids is 1. The van der Waals surface area contributed by atoms with E-state index in [4.69, 9.17) is 14.5 Å². The fraction of sp³-hybridized carbons (Fsp3) is 0.360. The number of ether oxygens (including phenoxy) is 3. The number of halogens is 2. The maximum absolute atomic E-state index is 13.5. The highest BCUT2D eigenvalue weighted by Gasteiger charge is 2.22. The Hall–Kier alpha value is -2.47. The molecule has 8 nitrogen and oxygen atoms in total. The SMILES string of the molecule is COC(=O)COc1c(I)cc(C=Nn2c(C3CCCCC3)nc3ccc(Br)cc3c2=O)cc1OC. The van der Waals surface area contributed by atoms with Gasteiger partial charge in [-0.25, -0.2) is 9.78 Å². The van der Waals surface area contributed by atoms with E-state index in [1.165, 1.54) is 25.3 Å². The van der Waals surface area contributed by atoms with Gasteiger partial charge in [0.05, 0.1) is 34.9 Å². The van der Waals surface area contributed by atoms with Gasteiger partial charge in [-0.05, 0) is 71.3 Å². The minimum Gasteiger partial charge on any atom is -0.493 e. The average molecular weight is 654 g/mol. The van der Waals surface area contributed by atoms with Crippen LogP contribution in [0.5, 0.6) is 11.5 Å². The molecule has 1 aliphatic rings. The van der Waals surface area contributed by atoms with E-state index in [-0.39, 0.29) is 18.1 Å². The molecule has 4 rings (SSSR count). The third-order valence-corrected chi connectivity index (χ3v) is 7.23. The van der Waals surface area contributed by atoms with Gasteiger partial charge in [0.15, 0.2) is 18.1 Å². The molecule has 3 aromatic rings. The zero-order chi connectivity index (χ0) is 24.9. The molecule has 0 atom stereocenters. The fourth-order valence-corrected chi connectivity index (χ4v) is 5.31. The van der Waals surface area contributed by atoms with E-state index in [9.17, 15) is 9.59 Å². The van der Waals surface area contributed by atoms with Crippen LogP contribution in [0.4, 0.5) is 0 Å². The van der Waals surface area contributed by atoms with Crippen molar-refractivity contribution in [3.8, 4) is 11.5 Å². The number of hydrogen-bond donors (Lipinski definition) is 0. The van der Waals surface area contributed by atoms with Crippen LogP contribution >= 0.6 is 38.5 Å². The van der Waals surface area contributed by atoms with Crippen molar-refractivity contribution >= 4 is 61.6 Å². The first kappa shape index (κ1) is 25.6. The largest absolute Gasteiger partial charge is 0.493 e. The van der Waals surface area contributed by atoms with Gasteiger partial charge >= 0.3 is 5.97 Å². The summed E-state index contributed by atoms with van der Waals surface area (Å²) in [6, 6.07) is 9.12. The van der Waals surface area contributed by atoms with Gasteiger partial charge in [-0.15, -0.1) is 0 Å². The number of aromatic nitrogens is 2. The Balaban J connectivity index is 1.75. The van der Waals surface area contributed by atoms with Crippen LogP contribution < -0.4 is 15.0 Å². The summed E-state index contributed by atoms with van der Waals surface area (Å²) in [7, 11) is 2.82. The van der Waals surface area contributed by atoms with E-state index in [0.29, 0.717) is 33.8 Å². The number of hydrogen-bond acceptors (Lipinski definition) is 7. The van der Waals surface area contributed by atoms with Crippen LogP contribution in [-0.2, 0) is 9.53 Å². The van der Waals surface area contributed by atoms with E-state index in [2.05, 4.69) is 48.4 Å². The minimum atomic E-state index is -0.487. The monoisotopic (exact) mass is 653 g/mol. The molecule has 0 N–H and O–H groups in total. The predicted octanol–water partition coefficient (Wildman–Crippen LogP) is 5.25. The molecule has 0 unspecified atom stereocenters. The van der Waals surface area contributed by atoms with Crippen LogP contribution in [0.25, 0.3) is 10.9 Å². The second-order valence-electron chi connectivity index (χ2n) is 8.23. The first-order chi connectivity index (χ1) is 16.9. The minimum absolute atomic E-state index is 0.186. The average Bonchev–Trinajstić information content (AvgIpc) is 2.87. The van der Waals surface area contributed by atoms with E-state index in [1.54, 1.807) is 18.3 Å². The number of methoxy groups -OCH3 is 2. The van der Waals surface area contributed by atoms with Gasteiger partial charge in [0.25, 0.3) is 5.56 Å². The lowest BCUT2D eigenvalue weighted by molar-refractivity contribution is -0.142. The molecule has 0 radical (unpaired) electrons. The van der Waals surface area contributed by atoms with Crippen molar-refractivity contribution < 1.29 is 19.0 Å². The molecule has 0 amide bonds. The highest BCUT2D eigenvalue weighted by molar-refractivity contribution is 14.1. The standard InChI is InChI=1S/C25H25BrIN3O5/c1-33-21-11-15(10-19(27)23(21)35-14-22(31)34-2)13-28-30-24(16-6-4-3-5-7-16)29-20-9-8-17(26)12-18(20)25(30)32/h8-13,16H,3-7,14H2,1-2H3. The van der Waals surface area contributed by atoms with Crippen LogP contribution in [0, 0.1) is 3.57 Å². The molecule has 0 saturated heterocycles. The maximum Gasteiger partial charge on any atom is 0.343 e. The first-order valence-corrected chi connectivity index (χ1v) is 13.1. The molecular weight excluding hydrogens is 629 g/mol. The van der Waals surface area contributed by atoms with Crippen LogP contribution in [0.3, 0.4) is 0 Å². The summed E-state index contributed by atoms with van der Waals surface area (Å²) < 4.78 is 18.7. The Bertz CT molecular complexity index is 1330. The van der Waals surface area contributed by atoms with Crippen molar-refractivity contribution in [1.82, 2.24) is 9.66 Å². The van der Waals surface area contributed by atoms with Crippen LogP contribution in [0.2, 0.25) is 0 Å². The predicted molar refractivity (Wildman–Crippen MR) is 146 cm³/mol. The second-order valence-corrected chi connectivity index (χ2v) is 10.3. The third kappa shape index (κ3) is 5.85. The third-order valence-electron chi connectivity index (χ3n) is 5.94. The van der Waals surface area contributed by atoms with E-state index < -0.39 is 5.97 Å². The zero-order valence-electron chi connectivity index (χ0n) is 19.4. The van der Waals surface area contributed by atoms with Crippen molar-refractivity contribution in [2.75, 3.05) is 20.8 Å². The van der Waals surface area contributed by atoms with Crippen LogP contribution in [-0.4, -0.2) is 42.7 Å². The molecule has 1 saturated carbocycles. The summed E-state index contributed by atoms with van der Waals surface area (Å²) in [5, 5.41) is 5.10. The molecule has 0 bridgehead atoms. The summed E-state index contributed by atoms with van der Waals surface area (Å²) in [4.78, 5) is 29.8. The topological polar surface area (TPSA) is 92.0 Å². The molecule has 1 aliphatic carbocycles. The van der Waals surface area contributed by atoms with Gasteiger partial charge in [-0.1, -0.05) is 35.2 Å². The number of carbonyl (C=O) groups is 1. The van der Waals surface area contributed by atoms with Crippen molar-refractivity contribution in [2.24, 2.45) is 5.10 Å². The lowest BCUT2D eigenvalue weighted by Crippen LogP contribution is -2.25. The van der Waals surface area contributed by atoms with E-state index in [0.717, 1.165) is 33.7 Å². The molecular formula is C25H25BrIN3O5. The van der Waals surface area contributed by atoms with Crippen molar-refractivity contribution in [2.45, 2.75) is 38.0 Å². The molecule has 184 valence electrons. The smallest absolute Gasteiger partial charge is 0.343 e. The highest BCUT2D eigenvalue weighted by Crippen LogP contribution is 2.34.